The number of ether oxygens (including phenoxy) is 2. The quantitative estimate of drug-likeness (QED) is 0.0215. The third-order valence-corrected chi connectivity index (χ3v) is 9.53. The summed E-state index contributed by atoms with van der Waals surface area (Å²) in [5.74, 6) is -0.937. The lowest BCUT2D eigenvalue weighted by Gasteiger charge is -2.28. The summed E-state index contributed by atoms with van der Waals surface area (Å²) in [6.45, 7) is 3.90. The Morgan fingerprint density at radius 1 is 0.655 bits per heavy atom. The summed E-state index contributed by atoms with van der Waals surface area (Å²) in [6.07, 6.45) is 38.9. The van der Waals surface area contributed by atoms with E-state index in [0.29, 0.717) is 36.7 Å². The molecule has 55 heavy (non-hydrogen) atoms. The highest BCUT2D eigenvalue weighted by molar-refractivity contribution is 7.45. The lowest BCUT2D eigenvalue weighted by Crippen LogP contribution is -2.37. The number of nitrogens with zero attached hydrogens (tertiary/aromatic N) is 1. The Morgan fingerprint density at radius 3 is 1.80 bits per heavy atom. The monoisotopic (exact) mass is 796 g/mol. The molecular weight excluding hydrogens is 717 g/mol. The van der Waals surface area contributed by atoms with Crippen molar-refractivity contribution in [1.29, 1.82) is 0 Å². The maximum absolute atomic E-state index is 12.6. The zero-order chi connectivity index (χ0) is 40.9. The van der Waals surface area contributed by atoms with Crippen LogP contribution in [0, 0.1) is 0 Å². The summed E-state index contributed by atoms with van der Waals surface area (Å²) >= 11 is 0. The van der Waals surface area contributed by atoms with E-state index in [-0.39, 0.29) is 32.2 Å². The van der Waals surface area contributed by atoms with E-state index < -0.39 is 32.5 Å². The van der Waals surface area contributed by atoms with Gasteiger partial charge in [-0.15, -0.1) is 0 Å². The number of phosphoric acid groups is 1. The number of hydrogen-bond acceptors (Lipinski definition) is 9. The molecule has 3 atom stereocenters. The molecule has 11 heteroatoms. The van der Waals surface area contributed by atoms with Crippen molar-refractivity contribution in [3.05, 3.63) is 60.8 Å². The van der Waals surface area contributed by atoms with E-state index in [1.807, 2.05) is 39.4 Å². The van der Waals surface area contributed by atoms with Crippen LogP contribution in [-0.4, -0.2) is 81.2 Å². The first kappa shape index (κ1) is 52.7. The van der Waals surface area contributed by atoms with Gasteiger partial charge < -0.3 is 33.0 Å². The molecule has 0 aromatic heterocycles. The highest BCUT2D eigenvalue weighted by Crippen LogP contribution is 2.38. The number of quaternary nitrogens is 1. The van der Waals surface area contributed by atoms with Crippen molar-refractivity contribution in [1.82, 2.24) is 0 Å². The van der Waals surface area contributed by atoms with Crippen LogP contribution >= 0.6 is 7.82 Å². The zero-order valence-electron chi connectivity index (χ0n) is 35.2. The molecule has 0 aliphatic rings. The number of aliphatic hydroxyl groups excluding tert-OH is 1. The fraction of sp³-hybridized carbons (Fsp3) is 0.727. The second-order valence-corrected chi connectivity index (χ2v) is 16.6. The Morgan fingerprint density at radius 2 is 1.18 bits per heavy atom. The van der Waals surface area contributed by atoms with Gasteiger partial charge in [0.1, 0.15) is 19.8 Å². The van der Waals surface area contributed by atoms with Gasteiger partial charge in [-0.1, -0.05) is 120 Å². The number of unbranched alkanes of at least 4 members (excludes halogenated alkanes) is 10. The molecule has 2 unspecified atom stereocenters. The molecule has 0 heterocycles. The van der Waals surface area contributed by atoms with Crippen LogP contribution in [-0.2, 0) is 32.7 Å². The first-order chi connectivity index (χ1) is 26.4. The zero-order valence-corrected chi connectivity index (χ0v) is 36.1. The number of rotatable bonds is 37. The largest absolute Gasteiger partial charge is 0.756 e. The highest BCUT2D eigenvalue weighted by atomic mass is 31.2. The van der Waals surface area contributed by atoms with Gasteiger partial charge in [0.25, 0.3) is 7.82 Å². The van der Waals surface area contributed by atoms with E-state index in [9.17, 15) is 24.2 Å². The first-order valence-electron chi connectivity index (χ1n) is 21.1. The Kier molecular flexibility index (Phi) is 34.5. The molecule has 1 N–H and O–H groups in total. The topological polar surface area (TPSA) is 131 Å². The minimum Gasteiger partial charge on any atom is -0.756 e. The van der Waals surface area contributed by atoms with Crippen molar-refractivity contribution < 1.29 is 47.2 Å². The van der Waals surface area contributed by atoms with E-state index in [1.54, 1.807) is 0 Å². The van der Waals surface area contributed by atoms with Gasteiger partial charge >= 0.3 is 11.9 Å². The second kappa shape index (κ2) is 36.0. The number of allylic oxidation sites excluding steroid dienone is 9. The van der Waals surface area contributed by atoms with Crippen molar-refractivity contribution in [2.24, 2.45) is 0 Å². The van der Waals surface area contributed by atoms with E-state index in [2.05, 4.69) is 56.4 Å². The van der Waals surface area contributed by atoms with Crippen molar-refractivity contribution >= 4 is 19.8 Å². The molecule has 0 aromatic carbocycles. The van der Waals surface area contributed by atoms with Crippen LogP contribution in [0.25, 0.3) is 0 Å². The van der Waals surface area contributed by atoms with Gasteiger partial charge in [-0.3, -0.25) is 14.2 Å². The number of carbonyl (C=O) groups is 2. The van der Waals surface area contributed by atoms with Gasteiger partial charge in [0, 0.05) is 12.8 Å². The summed E-state index contributed by atoms with van der Waals surface area (Å²) in [5.41, 5.74) is 0. The van der Waals surface area contributed by atoms with Crippen LogP contribution < -0.4 is 4.89 Å². The molecule has 0 radical (unpaired) electrons. The van der Waals surface area contributed by atoms with Crippen molar-refractivity contribution in [3.63, 3.8) is 0 Å². The molecule has 0 aromatic rings. The molecule has 0 aliphatic heterocycles. The van der Waals surface area contributed by atoms with Gasteiger partial charge in [0.05, 0.1) is 33.9 Å². The molecule has 0 amide bonds. The molecule has 10 nitrogen and oxygen atoms in total. The number of hydrogen-bond donors (Lipinski definition) is 1. The van der Waals surface area contributed by atoms with E-state index >= 15 is 0 Å². The van der Waals surface area contributed by atoms with Crippen LogP contribution in [0.5, 0.6) is 0 Å². The summed E-state index contributed by atoms with van der Waals surface area (Å²) in [5, 5.41) is 9.73. The van der Waals surface area contributed by atoms with E-state index in [4.69, 9.17) is 18.5 Å². The van der Waals surface area contributed by atoms with E-state index in [1.165, 1.54) is 25.7 Å². The molecule has 0 spiro atoms. The standard InChI is InChI=1S/C44H78NO9P/c1-6-8-9-10-11-12-13-15-19-22-25-28-31-35-43(47)51-39-42(40-53-55(49,50)52-38-37-45(3,4)5)54-44(48)36-32-29-26-23-20-17-14-16-18-21-24-27-30-34-41(46)33-7-2/h12-14,17-18,21,23,26-27,30,41-42,46H,6-11,15-16,19-20,22,24-25,28-29,31-40H2,1-5H3/b13-12-,17-14-,21-18-,26-23-,30-27-/t41?,42-/m1/s1. The summed E-state index contributed by atoms with van der Waals surface area (Å²) in [4.78, 5) is 37.4. The van der Waals surface area contributed by atoms with Crippen LogP contribution in [0.3, 0.4) is 0 Å². The predicted molar refractivity (Wildman–Crippen MR) is 223 cm³/mol. The lowest BCUT2D eigenvalue weighted by atomic mass is 10.1. The second-order valence-electron chi connectivity index (χ2n) is 15.2. The fourth-order valence-electron chi connectivity index (χ4n) is 5.24. The maximum Gasteiger partial charge on any atom is 0.306 e. The van der Waals surface area contributed by atoms with Gasteiger partial charge in [-0.05, 0) is 77.0 Å². The van der Waals surface area contributed by atoms with Gasteiger partial charge in [-0.25, -0.2) is 0 Å². The first-order valence-corrected chi connectivity index (χ1v) is 22.5. The van der Waals surface area contributed by atoms with Crippen molar-refractivity contribution in [2.75, 3.05) is 47.5 Å². The molecule has 318 valence electrons. The minimum absolute atomic E-state index is 0.0515. The fourth-order valence-corrected chi connectivity index (χ4v) is 5.97. The predicted octanol–water partition coefficient (Wildman–Crippen LogP) is 10.0. The SMILES string of the molecule is CCCCCC/C=C\CCCCCCCC(=O)OC[C@H](COP(=O)([O-])OCC[N+](C)(C)C)OC(=O)CCC/C=C\C/C=C\C/C=C\C/C=C\CC(O)CCC. The number of esters is 2. The smallest absolute Gasteiger partial charge is 0.306 e. The number of phosphoric ester groups is 1. The molecule has 0 aliphatic carbocycles. The molecule has 0 rings (SSSR count). The Balaban J connectivity index is 4.53. The average Bonchev–Trinajstić information content (AvgIpc) is 3.12. The van der Waals surface area contributed by atoms with E-state index in [0.717, 1.165) is 70.6 Å². The minimum atomic E-state index is -4.65. The number of likely N-dealkylation sites (N-methyl/N-ethyl adjacent to an activating group) is 1. The van der Waals surface area contributed by atoms with Gasteiger partial charge in [0.15, 0.2) is 6.10 Å². The summed E-state index contributed by atoms with van der Waals surface area (Å²) in [6, 6.07) is 0. The third-order valence-electron chi connectivity index (χ3n) is 8.57. The number of aliphatic hydroxyl groups is 1. The molecular formula is C44H78NO9P. The molecule has 0 saturated heterocycles. The molecule has 0 fully saturated rings. The van der Waals surface area contributed by atoms with Crippen LogP contribution in [0.4, 0.5) is 0 Å². The van der Waals surface area contributed by atoms with Gasteiger partial charge in [-0.2, -0.15) is 0 Å². The average molecular weight is 796 g/mol. The third kappa shape index (κ3) is 39.7. The van der Waals surface area contributed by atoms with Crippen LogP contribution in [0.15, 0.2) is 60.8 Å². The van der Waals surface area contributed by atoms with Crippen molar-refractivity contribution in [2.45, 2.75) is 161 Å². The Labute approximate surface area is 335 Å². The molecule has 0 bridgehead atoms. The Bertz CT molecular complexity index is 1140. The number of carbonyl (C=O) groups excluding carboxylic acids is 2. The summed E-state index contributed by atoms with van der Waals surface area (Å²) in [7, 11) is 1.09. The van der Waals surface area contributed by atoms with Crippen LogP contribution in [0.1, 0.15) is 149 Å². The summed E-state index contributed by atoms with van der Waals surface area (Å²) < 4.78 is 33.7. The van der Waals surface area contributed by atoms with Crippen LogP contribution in [0.2, 0.25) is 0 Å². The Hall–Kier alpha value is -2.33. The maximum atomic E-state index is 12.6. The highest BCUT2D eigenvalue weighted by Gasteiger charge is 2.21. The lowest BCUT2D eigenvalue weighted by molar-refractivity contribution is -0.870. The normalized spacial score (nSPS) is 14.8. The van der Waals surface area contributed by atoms with Crippen molar-refractivity contribution in [3.8, 4) is 0 Å². The molecule has 0 saturated carbocycles. The van der Waals surface area contributed by atoms with Gasteiger partial charge in [0.2, 0.25) is 0 Å².